The van der Waals surface area contributed by atoms with Gasteiger partial charge in [-0.15, -0.1) is 0 Å². The number of nitrogens with zero attached hydrogens (tertiary/aromatic N) is 3. The van der Waals surface area contributed by atoms with Gasteiger partial charge in [0.2, 0.25) is 0 Å². The van der Waals surface area contributed by atoms with Gasteiger partial charge in [0.05, 0.1) is 26.5 Å². The number of morpholine rings is 1. The summed E-state index contributed by atoms with van der Waals surface area (Å²) in [5.41, 5.74) is 4.38. The van der Waals surface area contributed by atoms with Gasteiger partial charge >= 0.3 is 0 Å². The number of carbonyl (C=O) groups excluding carboxylic acids is 1. The molecule has 2 aromatic rings. The van der Waals surface area contributed by atoms with Crippen molar-refractivity contribution in [1.82, 2.24) is 15.3 Å². The lowest BCUT2D eigenvalue weighted by atomic mass is 10.1. The monoisotopic (exact) mass is 354 g/mol. The van der Waals surface area contributed by atoms with Crippen molar-refractivity contribution in [3.63, 3.8) is 0 Å². The average Bonchev–Trinajstić information content (AvgIpc) is 2.70. The van der Waals surface area contributed by atoms with Crippen LogP contribution < -0.4 is 10.2 Å². The number of aromatic nitrogens is 1. The molecule has 0 spiro atoms. The van der Waals surface area contributed by atoms with E-state index in [2.05, 4.69) is 20.4 Å². The zero-order valence-corrected chi connectivity index (χ0v) is 14.7. The first-order valence-corrected chi connectivity index (χ1v) is 8.46. The van der Waals surface area contributed by atoms with E-state index in [1.54, 1.807) is 25.7 Å². The molecule has 1 fully saturated rings. The van der Waals surface area contributed by atoms with Gasteiger partial charge in [-0.05, 0) is 35.4 Å². The van der Waals surface area contributed by atoms with Crippen molar-refractivity contribution in [2.45, 2.75) is 6.04 Å². The summed E-state index contributed by atoms with van der Waals surface area (Å²) in [4.78, 5) is 18.9. The average molecular weight is 354 g/mol. The number of ether oxygens (including phenoxy) is 2. The van der Waals surface area contributed by atoms with E-state index in [1.807, 2.05) is 36.4 Å². The van der Waals surface area contributed by atoms with Crippen LogP contribution in [0.2, 0.25) is 0 Å². The van der Waals surface area contributed by atoms with Crippen molar-refractivity contribution < 1.29 is 14.3 Å². The van der Waals surface area contributed by atoms with Gasteiger partial charge in [0.1, 0.15) is 11.8 Å². The number of rotatable bonds is 6. The maximum absolute atomic E-state index is 12.8. The molecule has 1 aromatic heterocycles. The lowest BCUT2D eigenvalue weighted by Crippen LogP contribution is -2.44. The molecule has 1 unspecified atom stereocenters. The Morgan fingerprint density at radius 2 is 2.08 bits per heavy atom. The molecule has 1 aliphatic rings. The summed E-state index contributed by atoms with van der Waals surface area (Å²) in [7, 11) is 1.61. The third-order valence-electron chi connectivity index (χ3n) is 4.16. The normalized spacial score (nSPS) is 16.3. The summed E-state index contributed by atoms with van der Waals surface area (Å²) in [6.45, 7) is 2.61. The van der Waals surface area contributed by atoms with Crippen LogP contribution in [0.4, 0.5) is 0 Å². The third-order valence-corrected chi connectivity index (χ3v) is 4.16. The molecule has 1 atom stereocenters. The molecule has 1 aliphatic heterocycles. The molecule has 2 heterocycles. The summed E-state index contributed by atoms with van der Waals surface area (Å²) in [6, 6.07) is 10.7. The van der Waals surface area contributed by atoms with Crippen LogP contribution in [-0.4, -0.2) is 55.4 Å². The molecule has 1 saturated heterocycles. The Bertz CT molecular complexity index is 745. The SMILES string of the molecule is COc1cccc(C=NNC(=O)C(c2ccncc2)N2CCOCC2)c1. The van der Waals surface area contributed by atoms with Gasteiger partial charge in [-0.25, -0.2) is 5.43 Å². The minimum atomic E-state index is -0.427. The van der Waals surface area contributed by atoms with Crippen molar-refractivity contribution in [2.75, 3.05) is 33.4 Å². The minimum Gasteiger partial charge on any atom is -0.497 e. The number of hydrogen-bond acceptors (Lipinski definition) is 6. The van der Waals surface area contributed by atoms with E-state index in [4.69, 9.17) is 9.47 Å². The number of nitrogens with one attached hydrogen (secondary N) is 1. The second-order valence-corrected chi connectivity index (χ2v) is 5.84. The lowest BCUT2D eigenvalue weighted by Gasteiger charge is -2.33. The van der Waals surface area contributed by atoms with E-state index in [0.717, 1.165) is 16.9 Å². The van der Waals surface area contributed by atoms with Gasteiger partial charge in [-0.3, -0.25) is 14.7 Å². The van der Waals surface area contributed by atoms with Crippen LogP contribution in [0.15, 0.2) is 53.9 Å². The molecule has 7 nitrogen and oxygen atoms in total. The Kier molecular flexibility index (Phi) is 6.29. The zero-order valence-electron chi connectivity index (χ0n) is 14.7. The number of benzene rings is 1. The van der Waals surface area contributed by atoms with E-state index in [0.29, 0.717) is 26.3 Å². The fourth-order valence-electron chi connectivity index (χ4n) is 2.86. The Hall–Kier alpha value is -2.77. The van der Waals surface area contributed by atoms with Gasteiger partial charge < -0.3 is 9.47 Å². The number of hydrazone groups is 1. The first-order valence-electron chi connectivity index (χ1n) is 8.46. The quantitative estimate of drug-likeness (QED) is 0.630. The van der Waals surface area contributed by atoms with Gasteiger partial charge in [-0.1, -0.05) is 12.1 Å². The first kappa shape index (κ1) is 18.0. The number of pyridine rings is 1. The van der Waals surface area contributed by atoms with Crippen LogP contribution in [0.1, 0.15) is 17.2 Å². The van der Waals surface area contributed by atoms with Gasteiger partial charge in [0.25, 0.3) is 5.91 Å². The van der Waals surface area contributed by atoms with Crippen molar-refractivity contribution >= 4 is 12.1 Å². The van der Waals surface area contributed by atoms with Crippen LogP contribution >= 0.6 is 0 Å². The maximum Gasteiger partial charge on any atom is 0.262 e. The standard InChI is InChI=1S/C19H22N4O3/c1-25-17-4-2-3-15(13-17)14-21-22-19(24)18(16-5-7-20-8-6-16)23-9-11-26-12-10-23/h2-8,13-14,18H,9-12H2,1H3,(H,22,24). The van der Waals surface area contributed by atoms with Crippen molar-refractivity contribution in [3.8, 4) is 5.75 Å². The van der Waals surface area contributed by atoms with Crippen LogP contribution in [-0.2, 0) is 9.53 Å². The molecule has 0 aliphatic carbocycles. The highest BCUT2D eigenvalue weighted by molar-refractivity contribution is 5.86. The largest absolute Gasteiger partial charge is 0.497 e. The number of carbonyl (C=O) groups is 1. The van der Waals surface area contributed by atoms with Gasteiger partial charge in [0.15, 0.2) is 0 Å². The molecular formula is C19H22N4O3. The van der Waals surface area contributed by atoms with Crippen LogP contribution in [0.25, 0.3) is 0 Å². The van der Waals surface area contributed by atoms with Crippen molar-refractivity contribution in [1.29, 1.82) is 0 Å². The summed E-state index contributed by atoms with van der Waals surface area (Å²) < 4.78 is 10.6. The summed E-state index contributed by atoms with van der Waals surface area (Å²) in [5.74, 6) is 0.556. The predicted molar refractivity (Wildman–Crippen MR) is 98.1 cm³/mol. The van der Waals surface area contributed by atoms with Crippen molar-refractivity contribution in [3.05, 3.63) is 59.9 Å². The van der Waals surface area contributed by atoms with E-state index >= 15 is 0 Å². The maximum atomic E-state index is 12.8. The Morgan fingerprint density at radius 3 is 2.81 bits per heavy atom. The van der Waals surface area contributed by atoms with Crippen molar-refractivity contribution in [2.24, 2.45) is 5.10 Å². The Morgan fingerprint density at radius 1 is 1.31 bits per heavy atom. The molecule has 1 amide bonds. The lowest BCUT2D eigenvalue weighted by molar-refractivity contribution is -0.128. The zero-order chi connectivity index (χ0) is 18.2. The van der Waals surface area contributed by atoms with Crippen LogP contribution in [0, 0.1) is 0 Å². The second-order valence-electron chi connectivity index (χ2n) is 5.84. The smallest absolute Gasteiger partial charge is 0.262 e. The number of amides is 1. The minimum absolute atomic E-state index is 0.183. The summed E-state index contributed by atoms with van der Waals surface area (Å²) in [6.07, 6.45) is 4.98. The fraction of sp³-hybridized carbons (Fsp3) is 0.316. The molecule has 26 heavy (non-hydrogen) atoms. The van der Waals surface area contributed by atoms with Crippen LogP contribution in [0.3, 0.4) is 0 Å². The molecule has 136 valence electrons. The topological polar surface area (TPSA) is 76.0 Å². The molecule has 1 aromatic carbocycles. The van der Waals surface area contributed by atoms with Gasteiger partial charge in [0, 0.05) is 25.5 Å². The first-order chi connectivity index (χ1) is 12.8. The molecule has 7 heteroatoms. The molecule has 1 N–H and O–H groups in total. The molecule has 3 rings (SSSR count). The molecule has 0 radical (unpaired) electrons. The Balaban J connectivity index is 1.71. The molecule has 0 saturated carbocycles. The van der Waals surface area contributed by atoms with E-state index < -0.39 is 6.04 Å². The van der Waals surface area contributed by atoms with E-state index in [9.17, 15) is 4.79 Å². The highest BCUT2D eigenvalue weighted by Crippen LogP contribution is 2.21. The van der Waals surface area contributed by atoms with E-state index in [1.165, 1.54) is 0 Å². The summed E-state index contributed by atoms with van der Waals surface area (Å²) >= 11 is 0. The molecular weight excluding hydrogens is 332 g/mol. The van der Waals surface area contributed by atoms with Crippen LogP contribution in [0.5, 0.6) is 5.75 Å². The van der Waals surface area contributed by atoms with E-state index in [-0.39, 0.29) is 5.91 Å². The highest BCUT2D eigenvalue weighted by atomic mass is 16.5. The third kappa shape index (κ3) is 4.65. The molecule has 0 bridgehead atoms. The fourth-order valence-corrected chi connectivity index (χ4v) is 2.86. The summed E-state index contributed by atoms with van der Waals surface area (Å²) in [5, 5.41) is 4.10. The second kappa shape index (κ2) is 9.07. The number of hydrogen-bond donors (Lipinski definition) is 1. The van der Waals surface area contributed by atoms with Gasteiger partial charge in [-0.2, -0.15) is 5.10 Å². The predicted octanol–water partition coefficient (Wildman–Crippen LogP) is 1.61. The number of methoxy groups -OCH3 is 1. The highest BCUT2D eigenvalue weighted by Gasteiger charge is 2.28. The Labute approximate surface area is 152 Å².